The Labute approximate surface area is 136 Å². The number of hydrogen-bond donors (Lipinski definition) is 1. The van der Waals surface area contributed by atoms with Crippen molar-refractivity contribution in [1.82, 2.24) is 15.1 Å². The first-order valence-electron chi connectivity index (χ1n) is 8.16. The number of nitrogens with one attached hydrogen (secondary N) is 1. The molecule has 1 aromatic rings. The van der Waals surface area contributed by atoms with E-state index in [1.54, 1.807) is 0 Å². The molecule has 0 saturated carbocycles. The van der Waals surface area contributed by atoms with Crippen molar-refractivity contribution in [2.45, 2.75) is 71.1 Å². The smallest absolute Gasteiger partial charge is 0.0738 e. The zero-order chi connectivity index (χ0) is 15.2. The predicted molar refractivity (Wildman–Crippen MR) is 89.7 cm³/mol. The van der Waals surface area contributed by atoms with E-state index < -0.39 is 0 Å². The van der Waals surface area contributed by atoms with Crippen LogP contribution in [0.2, 0.25) is 0 Å². The first-order valence-corrected chi connectivity index (χ1v) is 8.95. The number of aryl methyl sites for hydroxylation is 2. The highest BCUT2D eigenvalue weighted by Crippen LogP contribution is 2.24. The molecule has 1 N–H and O–H groups in total. The highest BCUT2D eigenvalue weighted by atomic mass is 79.9. The van der Waals surface area contributed by atoms with Crippen molar-refractivity contribution in [1.29, 1.82) is 0 Å². The van der Waals surface area contributed by atoms with Gasteiger partial charge in [0, 0.05) is 25.6 Å². The average Bonchev–Trinajstić information content (AvgIpc) is 2.79. The maximum absolute atomic E-state index is 5.84. The fourth-order valence-corrected chi connectivity index (χ4v) is 3.51. The van der Waals surface area contributed by atoms with Crippen molar-refractivity contribution in [3.8, 4) is 0 Å². The number of likely N-dealkylation sites (N-methyl/N-ethyl adjacent to an activating group) is 1. The molecule has 0 radical (unpaired) electrons. The van der Waals surface area contributed by atoms with Crippen LogP contribution in [0.15, 0.2) is 4.47 Å². The largest absolute Gasteiger partial charge is 0.378 e. The van der Waals surface area contributed by atoms with Gasteiger partial charge in [-0.05, 0) is 68.9 Å². The lowest BCUT2D eigenvalue weighted by atomic mass is 9.99. The molecule has 1 aliphatic heterocycles. The van der Waals surface area contributed by atoms with E-state index in [0.717, 1.165) is 38.1 Å². The van der Waals surface area contributed by atoms with Gasteiger partial charge in [0.15, 0.2) is 0 Å². The van der Waals surface area contributed by atoms with Crippen LogP contribution in [0.4, 0.5) is 0 Å². The Morgan fingerprint density at radius 1 is 1.48 bits per heavy atom. The van der Waals surface area contributed by atoms with Crippen LogP contribution in [0, 0.1) is 6.92 Å². The summed E-state index contributed by atoms with van der Waals surface area (Å²) in [6.45, 7) is 6.07. The molecule has 1 saturated heterocycles. The second-order valence-electron chi connectivity index (χ2n) is 5.92. The van der Waals surface area contributed by atoms with Crippen molar-refractivity contribution < 1.29 is 4.74 Å². The van der Waals surface area contributed by atoms with Crippen molar-refractivity contribution in [2.75, 3.05) is 13.7 Å². The van der Waals surface area contributed by atoms with Crippen molar-refractivity contribution >= 4 is 15.9 Å². The Balaban J connectivity index is 1.92. The minimum atomic E-state index is 0.468. The topological polar surface area (TPSA) is 39.1 Å². The Hall–Kier alpha value is -0.390. The number of halogens is 1. The molecule has 21 heavy (non-hydrogen) atoms. The van der Waals surface area contributed by atoms with Crippen molar-refractivity contribution in [3.63, 3.8) is 0 Å². The molecule has 0 spiro atoms. The predicted octanol–water partition coefficient (Wildman–Crippen LogP) is 3.45. The third-order valence-corrected chi connectivity index (χ3v) is 5.44. The minimum Gasteiger partial charge on any atom is -0.378 e. The van der Waals surface area contributed by atoms with Gasteiger partial charge in [0.2, 0.25) is 0 Å². The van der Waals surface area contributed by atoms with E-state index in [1.165, 1.54) is 29.4 Å². The molecule has 1 aliphatic rings. The van der Waals surface area contributed by atoms with Crippen molar-refractivity contribution in [2.24, 2.45) is 0 Å². The number of ether oxygens (including phenoxy) is 1. The van der Waals surface area contributed by atoms with E-state index >= 15 is 0 Å². The highest BCUT2D eigenvalue weighted by molar-refractivity contribution is 9.10. The van der Waals surface area contributed by atoms with Gasteiger partial charge in [-0.25, -0.2) is 0 Å². The number of aromatic nitrogens is 2. The third-order valence-electron chi connectivity index (χ3n) is 4.41. The van der Waals surface area contributed by atoms with Crippen LogP contribution in [0.1, 0.15) is 50.4 Å². The van der Waals surface area contributed by atoms with E-state index in [4.69, 9.17) is 4.74 Å². The molecule has 120 valence electrons. The summed E-state index contributed by atoms with van der Waals surface area (Å²) in [4.78, 5) is 0. The monoisotopic (exact) mass is 357 g/mol. The molecule has 1 aromatic heterocycles. The lowest BCUT2D eigenvalue weighted by Crippen LogP contribution is -2.31. The summed E-state index contributed by atoms with van der Waals surface area (Å²) in [5.41, 5.74) is 2.39. The van der Waals surface area contributed by atoms with E-state index in [2.05, 4.69) is 51.9 Å². The molecule has 2 atom stereocenters. The summed E-state index contributed by atoms with van der Waals surface area (Å²) >= 11 is 3.69. The molecule has 2 rings (SSSR count). The van der Waals surface area contributed by atoms with Crippen LogP contribution in [-0.4, -0.2) is 35.6 Å². The van der Waals surface area contributed by atoms with Gasteiger partial charge in [0.25, 0.3) is 0 Å². The molecular weight excluding hydrogens is 330 g/mol. The molecule has 0 amide bonds. The second kappa shape index (κ2) is 8.30. The standard InChI is InChI=1S/C16H28BrN3O/c1-4-20-15(16(17)12(2)19-20)11-13(18-3)8-9-14-7-5-6-10-21-14/h13-14,18H,4-11H2,1-3H3. The van der Waals surface area contributed by atoms with E-state index in [9.17, 15) is 0 Å². The third kappa shape index (κ3) is 4.54. The Morgan fingerprint density at radius 3 is 2.90 bits per heavy atom. The van der Waals surface area contributed by atoms with Gasteiger partial charge in [0.1, 0.15) is 0 Å². The maximum atomic E-state index is 5.84. The molecular formula is C16H28BrN3O. The molecule has 0 aromatic carbocycles. The molecule has 1 fully saturated rings. The number of nitrogens with zero attached hydrogens (tertiary/aromatic N) is 2. The quantitative estimate of drug-likeness (QED) is 0.811. The van der Waals surface area contributed by atoms with Gasteiger partial charge in [-0.2, -0.15) is 5.10 Å². The second-order valence-corrected chi connectivity index (χ2v) is 6.71. The molecule has 2 unspecified atom stereocenters. The average molecular weight is 358 g/mol. The van der Waals surface area contributed by atoms with Gasteiger partial charge in [-0.1, -0.05) is 0 Å². The van der Waals surface area contributed by atoms with Crippen LogP contribution in [0.25, 0.3) is 0 Å². The fraction of sp³-hybridized carbons (Fsp3) is 0.812. The van der Waals surface area contributed by atoms with Crippen LogP contribution < -0.4 is 5.32 Å². The number of rotatable bonds is 7. The Morgan fingerprint density at radius 2 is 2.29 bits per heavy atom. The lowest BCUT2D eigenvalue weighted by Gasteiger charge is -2.25. The zero-order valence-electron chi connectivity index (χ0n) is 13.5. The Kier molecular flexibility index (Phi) is 6.71. The Bertz CT molecular complexity index is 441. The zero-order valence-corrected chi connectivity index (χ0v) is 15.1. The van der Waals surface area contributed by atoms with Gasteiger partial charge in [-0.15, -0.1) is 0 Å². The lowest BCUT2D eigenvalue weighted by molar-refractivity contribution is 0.00867. The van der Waals surface area contributed by atoms with Crippen LogP contribution in [0.5, 0.6) is 0 Å². The highest BCUT2D eigenvalue weighted by Gasteiger charge is 2.19. The van der Waals surface area contributed by atoms with E-state index in [-0.39, 0.29) is 0 Å². The van der Waals surface area contributed by atoms with E-state index in [0.29, 0.717) is 12.1 Å². The first-order chi connectivity index (χ1) is 10.2. The molecule has 4 nitrogen and oxygen atoms in total. The summed E-state index contributed by atoms with van der Waals surface area (Å²) in [6, 6.07) is 0.480. The molecule has 2 heterocycles. The first kappa shape index (κ1) is 17.0. The van der Waals surface area contributed by atoms with Gasteiger partial charge in [-0.3, -0.25) is 4.68 Å². The van der Waals surface area contributed by atoms with Gasteiger partial charge < -0.3 is 10.1 Å². The SMILES string of the molecule is CCn1nc(C)c(Br)c1CC(CCC1CCCCO1)NC. The van der Waals surface area contributed by atoms with Crippen molar-refractivity contribution in [3.05, 3.63) is 15.9 Å². The summed E-state index contributed by atoms with van der Waals surface area (Å²) in [6.07, 6.45) is 7.57. The summed E-state index contributed by atoms with van der Waals surface area (Å²) < 4.78 is 9.12. The number of hydrogen-bond acceptors (Lipinski definition) is 3. The van der Waals surface area contributed by atoms with Gasteiger partial charge in [0.05, 0.1) is 22.0 Å². The normalized spacial score (nSPS) is 20.7. The van der Waals surface area contributed by atoms with Gasteiger partial charge >= 0.3 is 0 Å². The maximum Gasteiger partial charge on any atom is 0.0738 e. The summed E-state index contributed by atoms with van der Waals surface area (Å²) in [5.74, 6) is 0. The molecule has 0 aliphatic carbocycles. The van der Waals surface area contributed by atoms with Crippen LogP contribution >= 0.6 is 15.9 Å². The summed E-state index contributed by atoms with van der Waals surface area (Å²) in [7, 11) is 2.06. The van der Waals surface area contributed by atoms with Crippen LogP contribution in [-0.2, 0) is 17.7 Å². The minimum absolute atomic E-state index is 0.468. The molecule has 5 heteroatoms. The van der Waals surface area contributed by atoms with E-state index in [1.807, 2.05) is 0 Å². The molecule has 0 bridgehead atoms. The van der Waals surface area contributed by atoms with Crippen LogP contribution in [0.3, 0.4) is 0 Å². The fourth-order valence-electron chi connectivity index (χ4n) is 3.07. The summed E-state index contributed by atoms with van der Waals surface area (Å²) in [5, 5.41) is 8.04.